The van der Waals surface area contributed by atoms with Crippen LogP contribution in [-0.4, -0.2) is 15.6 Å². The molecular weight excluding hydrogens is 362 g/mol. The van der Waals surface area contributed by atoms with Crippen LogP contribution in [0.5, 0.6) is 0 Å². The Labute approximate surface area is 152 Å². The van der Waals surface area contributed by atoms with Crippen molar-refractivity contribution in [2.45, 2.75) is 32.5 Å². The molecule has 0 atom stereocenters. The lowest BCUT2D eigenvalue weighted by Crippen LogP contribution is -2.12. The highest BCUT2D eigenvalue weighted by atomic mass is 19.4. The molecule has 3 rings (SSSR count). The number of nitrogens with zero attached hydrogens (tertiary/aromatic N) is 1. The fraction of sp³-hybridized carbons (Fsp3) is 0.250. The topological polar surface area (TPSA) is 42.2 Å². The van der Waals surface area contributed by atoms with Crippen molar-refractivity contribution in [2.24, 2.45) is 0 Å². The summed E-state index contributed by atoms with van der Waals surface area (Å²) in [6, 6.07) is 8.90. The van der Waals surface area contributed by atoms with Crippen LogP contribution >= 0.6 is 0 Å². The van der Waals surface area contributed by atoms with E-state index in [1.54, 1.807) is 12.1 Å². The summed E-state index contributed by atoms with van der Waals surface area (Å²) in [5.74, 6) is -2.02. The van der Waals surface area contributed by atoms with Crippen molar-refractivity contribution in [1.29, 1.82) is 0 Å². The van der Waals surface area contributed by atoms with Gasteiger partial charge in [0.25, 0.3) is 0 Å². The molecule has 2 aromatic carbocycles. The predicted octanol–water partition coefficient (Wildman–Crippen LogP) is 5.67. The van der Waals surface area contributed by atoms with E-state index in [4.69, 9.17) is 5.11 Å². The Morgan fingerprint density at radius 2 is 1.81 bits per heavy atom. The number of benzene rings is 2. The quantitative estimate of drug-likeness (QED) is 0.594. The van der Waals surface area contributed by atoms with Gasteiger partial charge in [0.15, 0.2) is 0 Å². The Balaban J connectivity index is 2.15. The standard InChI is InChI=1S/C20H17F4NO2/c1-11(2)25-16(9-14-7-13(19(26)27)4-6-18(14)25)8-12-3-5-15(21)10-17(12)20(22,23)24/h3-7,9-11H,8H2,1-2H3,(H,26,27). The van der Waals surface area contributed by atoms with Crippen LogP contribution in [0.4, 0.5) is 17.6 Å². The molecule has 0 aliphatic heterocycles. The number of halogens is 4. The van der Waals surface area contributed by atoms with E-state index < -0.39 is 23.5 Å². The largest absolute Gasteiger partial charge is 0.478 e. The van der Waals surface area contributed by atoms with Gasteiger partial charge < -0.3 is 9.67 Å². The molecule has 0 bridgehead atoms. The number of carbonyl (C=O) groups is 1. The van der Waals surface area contributed by atoms with Crippen LogP contribution in [0.2, 0.25) is 0 Å². The first kappa shape index (κ1) is 18.9. The van der Waals surface area contributed by atoms with E-state index in [1.165, 1.54) is 12.1 Å². The number of hydrogen-bond donors (Lipinski definition) is 1. The van der Waals surface area contributed by atoms with E-state index in [2.05, 4.69) is 0 Å². The van der Waals surface area contributed by atoms with Crippen molar-refractivity contribution in [1.82, 2.24) is 4.57 Å². The van der Waals surface area contributed by atoms with Crippen molar-refractivity contribution in [3.05, 3.63) is 70.7 Å². The van der Waals surface area contributed by atoms with Crippen LogP contribution in [0, 0.1) is 5.82 Å². The molecule has 142 valence electrons. The zero-order chi connectivity index (χ0) is 19.9. The summed E-state index contributed by atoms with van der Waals surface area (Å²) in [6.07, 6.45) is -4.72. The molecule has 27 heavy (non-hydrogen) atoms. The molecule has 3 nitrogen and oxygen atoms in total. The number of alkyl halides is 3. The Morgan fingerprint density at radius 1 is 1.11 bits per heavy atom. The highest BCUT2D eigenvalue weighted by molar-refractivity contribution is 5.94. The van der Waals surface area contributed by atoms with Gasteiger partial charge in [-0.1, -0.05) is 6.07 Å². The van der Waals surface area contributed by atoms with Crippen molar-refractivity contribution in [3.63, 3.8) is 0 Å². The molecule has 0 amide bonds. The summed E-state index contributed by atoms with van der Waals surface area (Å²) in [5, 5.41) is 9.78. The van der Waals surface area contributed by atoms with Gasteiger partial charge in [-0.2, -0.15) is 13.2 Å². The van der Waals surface area contributed by atoms with E-state index >= 15 is 0 Å². The smallest absolute Gasteiger partial charge is 0.416 e. The summed E-state index contributed by atoms with van der Waals surface area (Å²) in [4.78, 5) is 11.2. The first-order chi connectivity index (χ1) is 12.6. The number of aromatic carboxylic acids is 1. The summed E-state index contributed by atoms with van der Waals surface area (Å²) < 4.78 is 55.1. The molecule has 0 unspecified atom stereocenters. The van der Waals surface area contributed by atoms with Crippen LogP contribution in [0.1, 0.15) is 47.1 Å². The molecule has 0 saturated carbocycles. The average Bonchev–Trinajstić information content (AvgIpc) is 2.92. The van der Waals surface area contributed by atoms with Crippen LogP contribution in [0.25, 0.3) is 10.9 Å². The monoisotopic (exact) mass is 379 g/mol. The molecule has 0 aliphatic carbocycles. The molecule has 0 radical (unpaired) electrons. The zero-order valence-electron chi connectivity index (χ0n) is 14.6. The van der Waals surface area contributed by atoms with Gasteiger partial charge in [-0.15, -0.1) is 0 Å². The van der Waals surface area contributed by atoms with Gasteiger partial charge in [-0.25, -0.2) is 9.18 Å². The normalized spacial score (nSPS) is 12.1. The first-order valence-electron chi connectivity index (χ1n) is 8.30. The van der Waals surface area contributed by atoms with E-state index in [-0.39, 0.29) is 23.6 Å². The third-order valence-corrected chi connectivity index (χ3v) is 4.43. The van der Waals surface area contributed by atoms with Gasteiger partial charge in [0.2, 0.25) is 0 Å². The van der Waals surface area contributed by atoms with Crippen LogP contribution in [0.3, 0.4) is 0 Å². The molecule has 0 spiro atoms. The first-order valence-corrected chi connectivity index (χ1v) is 8.30. The molecule has 0 fully saturated rings. The van der Waals surface area contributed by atoms with Crippen LogP contribution in [-0.2, 0) is 12.6 Å². The highest BCUT2D eigenvalue weighted by Crippen LogP contribution is 2.35. The maximum absolute atomic E-state index is 13.4. The van der Waals surface area contributed by atoms with Crippen molar-refractivity contribution < 1.29 is 27.5 Å². The predicted molar refractivity (Wildman–Crippen MR) is 93.5 cm³/mol. The van der Waals surface area contributed by atoms with E-state index in [1.807, 2.05) is 18.4 Å². The SMILES string of the molecule is CC(C)n1c(Cc2ccc(F)cc2C(F)(F)F)cc2cc(C(=O)O)ccc21. The lowest BCUT2D eigenvalue weighted by Gasteiger charge is -2.17. The average molecular weight is 379 g/mol. The second-order valence-corrected chi connectivity index (χ2v) is 6.65. The minimum Gasteiger partial charge on any atom is -0.478 e. The minimum absolute atomic E-state index is 0.0351. The maximum Gasteiger partial charge on any atom is 0.416 e. The third kappa shape index (κ3) is 3.67. The van der Waals surface area contributed by atoms with Crippen molar-refractivity contribution in [2.75, 3.05) is 0 Å². The van der Waals surface area contributed by atoms with Gasteiger partial charge >= 0.3 is 12.1 Å². The molecule has 0 aliphatic rings. The van der Waals surface area contributed by atoms with Crippen molar-refractivity contribution in [3.8, 4) is 0 Å². The van der Waals surface area contributed by atoms with Gasteiger partial charge in [-0.05, 0) is 55.8 Å². The van der Waals surface area contributed by atoms with Crippen LogP contribution < -0.4 is 0 Å². The minimum atomic E-state index is -4.66. The molecule has 1 aromatic heterocycles. The number of rotatable bonds is 4. The molecule has 1 N–H and O–H groups in total. The molecular formula is C20H17F4NO2. The molecule has 0 saturated heterocycles. The fourth-order valence-electron chi connectivity index (χ4n) is 3.33. The number of hydrogen-bond acceptors (Lipinski definition) is 1. The fourth-order valence-corrected chi connectivity index (χ4v) is 3.33. The number of carboxylic acids is 1. The lowest BCUT2D eigenvalue weighted by atomic mass is 10.0. The van der Waals surface area contributed by atoms with Gasteiger partial charge in [0, 0.05) is 29.1 Å². The maximum atomic E-state index is 13.4. The van der Waals surface area contributed by atoms with Crippen LogP contribution in [0.15, 0.2) is 42.5 Å². The van der Waals surface area contributed by atoms with E-state index in [0.717, 1.165) is 17.6 Å². The van der Waals surface area contributed by atoms with Gasteiger partial charge in [-0.3, -0.25) is 0 Å². The number of fused-ring (bicyclic) bond motifs is 1. The summed E-state index contributed by atoms with van der Waals surface area (Å²) in [6.45, 7) is 3.78. The Hall–Kier alpha value is -2.83. The van der Waals surface area contributed by atoms with E-state index in [9.17, 15) is 22.4 Å². The summed E-state index contributed by atoms with van der Waals surface area (Å²) in [7, 11) is 0. The Morgan fingerprint density at radius 3 is 2.41 bits per heavy atom. The zero-order valence-corrected chi connectivity index (χ0v) is 14.6. The second kappa shape index (κ2) is 6.72. The Bertz CT molecular complexity index is 1020. The number of aromatic nitrogens is 1. The summed E-state index contributed by atoms with van der Waals surface area (Å²) in [5.41, 5.74) is 0.398. The third-order valence-electron chi connectivity index (χ3n) is 4.43. The number of carboxylic acid groups (broad SMARTS) is 1. The lowest BCUT2D eigenvalue weighted by molar-refractivity contribution is -0.138. The molecule has 7 heteroatoms. The summed E-state index contributed by atoms with van der Waals surface area (Å²) >= 11 is 0. The Kier molecular flexibility index (Phi) is 4.71. The van der Waals surface area contributed by atoms with E-state index in [0.29, 0.717) is 17.1 Å². The molecule has 1 heterocycles. The van der Waals surface area contributed by atoms with Gasteiger partial charge in [0.1, 0.15) is 5.82 Å². The second-order valence-electron chi connectivity index (χ2n) is 6.65. The molecule has 3 aromatic rings. The van der Waals surface area contributed by atoms with Gasteiger partial charge in [0.05, 0.1) is 11.1 Å². The van der Waals surface area contributed by atoms with Crippen molar-refractivity contribution >= 4 is 16.9 Å². The highest BCUT2D eigenvalue weighted by Gasteiger charge is 2.34.